The first-order valence-electron chi connectivity index (χ1n) is 6.90. The first-order valence-corrected chi connectivity index (χ1v) is 6.90. The molecule has 0 saturated carbocycles. The van der Waals surface area contributed by atoms with Crippen LogP contribution in [0.15, 0.2) is 6.33 Å². The van der Waals surface area contributed by atoms with E-state index in [0.717, 1.165) is 19.6 Å². The molecular weight excluding hydrogens is 276 g/mol. The van der Waals surface area contributed by atoms with Gasteiger partial charge in [-0.25, -0.2) is 9.97 Å². The van der Waals surface area contributed by atoms with E-state index in [4.69, 9.17) is 4.74 Å². The molecular formula is C12H20N6O3. The third kappa shape index (κ3) is 3.76. The van der Waals surface area contributed by atoms with Crippen LogP contribution in [0.1, 0.15) is 6.92 Å². The number of hydrogen-bond donors (Lipinski definition) is 2. The van der Waals surface area contributed by atoms with Crippen LogP contribution in [0, 0.1) is 10.1 Å². The van der Waals surface area contributed by atoms with Crippen molar-refractivity contribution in [1.29, 1.82) is 0 Å². The summed E-state index contributed by atoms with van der Waals surface area (Å²) >= 11 is 0. The van der Waals surface area contributed by atoms with Gasteiger partial charge in [-0.1, -0.05) is 6.92 Å². The maximum absolute atomic E-state index is 11.2. The number of nitro groups is 1. The number of aromatic nitrogens is 2. The van der Waals surface area contributed by atoms with E-state index in [9.17, 15) is 10.1 Å². The van der Waals surface area contributed by atoms with Gasteiger partial charge in [0.1, 0.15) is 6.33 Å². The van der Waals surface area contributed by atoms with Gasteiger partial charge in [0, 0.05) is 26.7 Å². The number of nitrogens with one attached hydrogen (secondary N) is 2. The van der Waals surface area contributed by atoms with Gasteiger partial charge in [-0.15, -0.1) is 0 Å². The number of likely N-dealkylation sites (N-methyl/N-ethyl adjacent to an activating group) is 1. The van der Waals surface area contributed by atoms with Crippen molar-refractivity contribution in [1.82, 2.24) is 14.9 Å². The summed E-state index contributed by atoms with van der Waals surface area (Å²) in [5.74, 6) is 0.397. The molecule has 2 N–H and O–H groups in total. The Morgan fingerprint density at radius 2 is 2.29 bits per heavy atom. The van der Waals surface area contributed by atoms with Crippen molar-refractivity contribution >= 4 is 17.3 Å². The molecule has 1 atom stereocenters. The molecule has 1 unspecified atom stereocenters. The van der Waals surface area contributed by atoms with Crippen LogP contribution in [0.4, 0.5) is 17.3 Å². The largest absolute Gasteiger partial charge is 0.374 e. The van der Waals surface area contributed by atoms with E-state index in [1.807, 2.05) is 0 Å². The minimum Gasteiger partial charge on any atom is -0.374 e. The Balaban J connectivity index is 2.04. The van der Waals surface area contributed by atoms with Crippen LogP contribution in [0.5, 0.6) is 0 Å². The molecule has 1 aliphatic rings. The van der Waals surface area contributed by atoms with Crippen LogP contribution in [-0.2, 0) is 4.74 Å². The van der Waals surface area contributed by atoms with Crippen molar-refractivity contribution in [2.45, 2.75) is 13.0 Å². The number of anilines is 2. The first-order chi connectivity index (χ1) is 10.2. The van der Waals surface area contributed by atoms with Crippen LogP contribution < -0.4 is 10.6 Å². The van der Waals surface area contributed by atoms with Gasteiger partial charge >= 0.3 is 5.69 Å². The normalized spacial score (nSPS) is 19.2. The monoisotopic (exact) mass is 296 g/mol. The smallest absolute Gasteiger partial charge is 0.353 e. The predicted molar refractivity (Wildman–Crippen MR) is 78.6 cm³/mol. The highest BCUT2D eigenvalue weighted by molar-refractivity contribution is 5.68. The number of nitrogens with zero attached hydrogens (tertiary/aromatic N) is 4. The fourth-order valence-corrected chi connectivity index (χ4v) is 2.27. The molecule has 0 spiro atoms. The molecule has 2 heterocycles. The fourth-order valence-electron chi connectivity index (χ4n) is 2.27. The molecule has 9 nitrogen and oxygen atoms in total. The number of ether oxygens (including phenoxy) is 1. The topological polar surface area (TPSA) is 105 Å². The third-order valence-electron chi connectivity index (χ3n) is 3.41. The average Bonchev–Trinajstić information content (AvgIpc) is 2.52. The van der Waals surface area contributed by atoms with Crippen molar-refractivity contribution in [3.05, 3.63) is 16.4 Å². The summed E-state index contributed by atoms with van der Waals surface area (Å²) in [6.45, 7) is 5.94. The molecule has 0 bridgehead atoms. The van der Waals surface area contributed by atoms with E-state index in [1.54, 1.807) is 7.05 Å². The fraction of sp³-hybridized carbons (Fsp3) is 0.667. The Morgan fingerprint density at radius 3 is 2.95 bits per heavy atom. The number of hydrogen-bond acceptors (Lipinski definition) is 8. The summed E-state index contributed by atoms with van der Waals surface area (Å²) in [5, 5.41) is 16.9. The molecule has 116 valence electrons. The SMILES string of the molecule is CCN1CCOC(CNc2ncnc(NC)c2[N+](=O)[O-])C1. The number of morpholine rings is 1. The molecule has 1 aromatic heterocycles. The highest BCUT2D eigenvalue weighted by atomic mass is 16.6. The van der Waals surface area contributed by atoms with Gasteiger partial charge in [-0.2, -0.15) is 0 Å². The van der Waals surface area contributed by atoms with Crippen LogP contribution in [0.2, 0.25) is 0 Å². The van der Waals surface area contributed by atoms with Gasteiger partial charge in [-0.3, -0.25) is 15.0 Å². The van der Waals surface area contributed by atoms with Crippen molar-refractivity contribution in [2.75, 3.05) is 50.5 Å². The lowest BCUT2D eigenvalue weighted by Crippen LogP contribution is -2.45. The molecule has 0 aliphatic carbocycles. The molecule has 21 heavy (non-hydrogen) atoms. The Bertz CT molecular complexity index is 498. The van der Waals surface area contributed by atoms with Gasteiger partial charge < -0.3 is 15.4 Å². The van der Waals surface area contributed by atoms with E-state index < -0.39 is 4.92 Å². The average molecular weight is 296 g/mol. The van der Waals surface area contributed by atoms with Crippen LogP contribution >= 0.6 is 0 Å². The van der Waals surface area contributed by atoms with Crippen molar-refractivity contribution in [2.24, 2.45) is 0 Å². The van der Waals surface area contributed by atoms with Crippen LogP contribution in [0.3, 0.4) is 0 Å². The summed E-state index contributed by atoms with van der Waals surface area (Å²) < 4.78 is 5.66. The maximum Gasteiger partial charge on any atom is 0.353 e. The summed E-state index contributed by atoms with van der Waals surface area (Å²) in [4.78, 5) is 20.8. The molecule has 0 aromatic carbocycles. The maximum atomic E-state index is 11.2. The lowest BCUT2D eigenvalue weighted by atomic mass is 10.2. The lowest BCUT2D eigenvalue weighted by molar-refractivity contribution is -0.383. The van der Waals surface area contributed by atoms with Crippen LogP contribution in [0.25, 0.3) is 0 Å². The minimum absolute atomic E-state index is 0.00805. The summed E-state index contributed by atoms with van der Waals surface area (Å²) in [6, 6.07) is 0. The van der Waals surface area contributed by atoms with E-state index in [2.05, 4.69) is 32.4 Å². The second kappa shape index (κ2) is 7.14. The Kier molecular flexibility index (Phi) is 5.23. The van der Waals surface area contributed by atoms with Gasteiger partial charge in [0.2, 0.25) is 11.6 Å². The van der Waals surface area contributed by atoms with E-state index in [0.29, 0.717) is 13.2 Å². The van der Waals surface area contributed by atoms with Crippen LogP contribution in [-0.4, -0.2) is 65.7 Å². The molecule has 2 rings (SSSR count). The zero-order valence-electron chi connectivity index (χ0n) is 12.2. The zero-order chi connectivity index (χ0) is 15.2. The zero-order valence-corrected chi connectivity index (χ0v) is 12.2. The molecule has 9 heteroatoms. The van der Waals surface area contributed by atoms with E-state index in [1.165, 1.54) is 6.33 Å². The summed E-state index contributed by atoms with van der Waals surface area (Å²) in [6.07, 6.45) is 1.28. The summed E-state index contributed by atoms with van der Waals surface area (Å²) in [5.41, 5.74) is -0.150. The molecule has 1 aliphatic heterocycles. The molecule has 1 saturated heterocycles. The molecule has 1 fully saturated rings. The molecule has 1 aromatic rings. The minimum atomic E-state index is -0.492. The Hall–Kier alpha value is -2.00. The summed E-state index contributed by atoms with van der Waals surface area (Å²) in [7, 11) is 1.59. The third-order valence-corrected chi connectivity index (χ3v) is 3.41. The highest BCUT2D eigenvalue weighted by Crippen LogP contribution is 2.28. The van der Waals surface area contributed by atoms with Gasteiger partial charge in [-0.05, 0) is 6.54 Å². The van der Waals surface area contributed by atoms with Gasteiger partial charge in [0.15, 0.2) is 0 Å². The second-order valence-corrected chi connectivity index (χ2v) is 4.69. The van der Waals surface area contributed by atoms with E-state index >= 15 is 0 Å². The van der Waals surface area contributed by atoms with Crippen molar-refractivity contribution in [3.63, 3.8) is 0 Å². The van der Waals surface area contributed by atoms with Gasteiger partial charge in [0.05, 0.1) is 17.6 Å². The van der Waals surface area contributed by atoms with Crippen molar-refractivity contribution < 1.29 is 9.66 Å². The standard InChI is InChI=1S/C12H20N6O3/c1-3-17-4-5-21-9(7-17)6-14-12-10(18(19)20)11(13-2)15-8-16-12/h8-9H,3-7H2,1-2H3,(H2,13,14,15,16). The second-order valence-electron chi connectivity index (χ2n) is 4.69. The quantitative estimate of drug-likeness (QED) is 0.579. The van der Waals surface area contributed by atoms with Crippen molar-refractivity contribution in [3.8, 4) is 0 Å². The highest BCUT2D eigenvalue weighted by Gasteiger charge is 2.24. The Labute approximate surface area is 122 Å². The predicted octanol–water partition coefficient (Wildman–Crippen LogP) is 0.559. The molecule has 0 radical (unpaired) electrons. The lowest BCUT2D eigenvalue weighted by Gasteiger charge is -2.32. The molecule has 0 amide bonds. The number of rotatable bonds is 6. The van der Waals surface area contributed by atoms with E-state index in [-0.39, 0.29) is 23.4 Å². The van der Waals surface area contributed by atoms with Gasteiger partial charge in [0.25, 0.3) is 0 Å². The Morgan fingerprint density at radius 1 is 1.52 bits per heavy atom. The first kappa shape index (κ1) is 15.4.